The van der Waals surface area contributed by atoms with E-state index in [1.807, 2.05) is 64.0 Å². The number of hydrogen-bond donors (Lipinski definition) is 0. The monoisotopic (exact) mass is 423 g/mol. The molecule has 7 nitrogen and oxygen atoms in total. The summed E-state index contributed by atoms with van der Waals surface area (Å²) < 4.78 is 5.03. The summed E-state index contributed by atoms with van der Waals surface area (Å²) in [6, 6.07) is 9.27. The number of carbonyl (C=O) groups excluding carboxylic acids is 3. The van der Waals surface area contributed by atoms with Gasteiger partial charge in [-0.05, 0) is 74.7 Å². The number of carbonyl (C=O) groups is 3. The molecule has 0 saturated carbocycles. The molecule has 1 aliphatic heterocycles. The molecule has 0 spiro atoms. The fourth-order valence-electron chi connectivity index (χ4n) is 3.79. The molecule has 164 valence electrons. The summed E-state index contributed by atoms with van der Waals surface area (Å²) in [4.78, 5) is 43.4. The standard InChI is InChI=1S/C24H29N3O4/c1-7-31-23(29)14-26-20-11-15(2)16(3)12-21(20)27(13-22(26)28)24(30)18-8-9-19(25(5)6)17(4)10-18/h8-12H,7,13-14H2,1-6H3. The van der Waals surface area contributed by atoms with Crippen LogP contribution in [0.15, 0.2) is 30.3 Å². The summed E-state index contributed by atoms with van der Waals surface area (Å²) in [5.41, 5.74) is 5.65. The number of esters is 1. The summed E-state index contributed by atoms with van der Waals surface area (Å²) in [5.74, 6) is -1.05. The van der Waals surface area contributed by atoms with Crippen LogP contribution in [-0.4, -0.2) is 51.6 Å². The third kappa shape index (κ3) is 4.40. The number of benzene rings is 2. The fourth-order valence-corrected chi connectivity index (χ4v) is 3.79. The van der Waals surface area contributed by atoms with Gasteiger partial charge in [0, 0.05) is 25.3 Å². The molecule has 0 bridgehead atoms. The van der Waals surface area contributed by atoms with Crippen molar-refractivity contribution >= 4 is 34.8 Å². The van der Waals surface area contributed by atoms with Gasteiger partial charge in [0.1, 0.15) is 13.1 Å². The van der Waals surface area contributed by atoms with E-state index < -0.39 is 5.97 Å². The van der Waals surface area contributed by atoms with Crippen molar-refractivity contribution in [2.45, 2.75) is 27.7 Å². The van der Waals surface area contributed by atoms with Crippen LogP contribution in [0, 0.1) is 20.8 Å². The Morgan fingerprint density at radius 3 is 2.23 bits per heavy atom. The van der Waals surface area contributed by atoms with Crippen molar-refractivity contribution in [3.05, 3.63) is 52.6 Å². The zero-order valence-corrected chi connectivity index (χ0v) is 19.0. The molecule has 0 N–H and O–H groups in total. The smallest absolute Gasteiger partial charge is 0.326 e. The maximum atomic E-state index is 13.4. The first-order valence-corrected chi connectivity index (χ1v) is 10.3. The van der Waals surface area contributed by atoms with Crippen LogP contribution in [0.5, 0.6) is 0 Å². The molecule has 1 heterocycles. The Kier molecular flexibility index (Phi) is 6.34. The summed E-state index contributed by atoms with van der Waals surface area (Å²) >= 11 is 0. The molecule has 0 radical (unpaired) electrons. The van der Waals surface area contributed by atoms with Gasteiger partial charge < -0.3 is 9.64 Å². The van der Waals surface area contributed by atoms with Crippen molar-refractivity contribution in [1.29, 1.82) is 0 Å². The van der Waals surface area contributed by atoms with E-state index in [-0.39, 0.29) is 31.5 Å². The molecule has 0 atom stereocenters. The highest BCUT2D eigenvalue weighted by Gasteiger charge is 2.35. The first-order chi connectivity index (χ1) is 14.6. The number of fused-ring (bicyclic) bond motifs is 1. The lowest BCUT2D eigenvalue weighted by molar-refractivity contribution is -0.142. The minimum Gasteiger partial charge on any atom is -0.465 e. The number of rotatable bonds is 5. The first kappa shape index (κ1) is 22.3. The van der Waals surface area contributed by atoms with Crippen LogP contribution in [0.4, 0.5) is 17.1 Å². The number of amides is 2. The van der Waals surface area contributed by atoms with Crippen LogP contribution in [0.1, 0.15) is 34.0 Å². The lowest BCUT2D eigenvalue weighted by Crippen LogP contribution is -2.50. The number of anilines is 3. The van der Waals surface area contributed by atoms with Gasteiger partial charge in [-0.3, -0.25) is 24.2 Å². The van der Waals surface area contributed by atoms with Crippen molar-refractivity contribution in [3.8, 4) is 0 Å². The largest absolute Gasteiger partial charge is 0.465 e. The van der Waals surface area contributed by atoms with Crippen LogP contribution >= 0.6 is 0 Å². The predicted molar refractivity (Wildman–Crippen MR) is 122 cm³/mol. The van der Waals surface area contributed by atoms with Gasteiger partial charge in [-0.15, -0.1) is 0 Å². The molecule has 2 amide bonds. The summed E-state index contributed by atoms with van der Waals surface area (Å²) in [5, 5.41) is 0. The topological polar surface area (TPSA) is 70.2 Å². The van der Waals surface area contributed by atoms with Gasteiger partial charge in [-0.2, -0.15) is 0 Å². The zero-order valence-electron chi connectivity index (χ0n) is 19.0. The van der Waals surface area contributed by atoms with Crippen molar-refractivity contribution in [2.75, 3.05) is 48.5 Å². The minimum atomic E-state index is -0.477. The van der Waals surface area contributed by atoms with E-state index in [2.05, 4.69) is 0 Å². The number of hydrogen-bond acceptors (Lipinski definition) is 5. The number of ether oxygens (including phenoxy) is 1. The van der Waals surface area contributed by atoms with E-state index in [4.69, 9.17) is 4.74 Å². The highest BCUT2D eigenvalue weighted by molar-refractivity contribution is 6.17. The number of nitrogens with zero attached hydrogens (tertiary/aromatic N) is 3. The Labute approximate surface area is 183 Å². The Morgan fingerprint density at radius 2 is 1.65 bits per heavy atom. The van der Waals surface area contributed by atoms with Gasteiger partial charge in [0.05, 0.1) is 18.0 Å². The molecule has 2 aromatic carbocycles. The van der Waals surface area contributed by atoms with Crippen molar-refractivity contribution in [2.24, 2.45) is 0 Å². The van der Waals surface area contributed by atoms with Gasteiger partial charge in [-0.25, -0.2) is 0 Å². The normalized spacial score (nSPS) is 13.2. The predicted octanol–water partition coefficient (Wildman–Crippen LogP) is 3.23. The number of aryl methyl sites for hydroxylation is 3. The van der Waals surface area contributed by atoms with E-state index in [1.54, 1.807) is 13.0 Å². The molecule has 0 aliphatic carbocycles. The van der Waals surface area contributed by atoms with E-state index >= 15 is 0 Å². The third-order valence-electron chi connectivity index (χ3n) is 5.53. The van der Waals surface area contributed by atoms with Gasteiger partial charge in [0.25, 0.3) is 5.91 Å². The maximum Gasteiger partial charge on any atom is 0.326 e. The summed E-state index contributed by atoms with van der Waals surface area (Å²) in [7, 11) is 3.90. The highest BCUT2D eigenvalue weighted by atomic mass is 16.5. The van der Waals surface area contributed by atoms with Crippen LogP contribution in [0.3, 0.4) is 0 Å². The molecule has 0 fully saturated rings. The molecule has 1 aliphatic rings. The van der Waals surface area contributed by atoms with Gasteiger partial charge in [0.15, 0.2) is 0 Å². The molecule has 0 aromatic heterocycles. The van der Waals surface area contributed by atoms with Crippen LogP contribution < -0.4 is 14.7 Å². The Balaban J connectivity index is 2.03. The lowest BCUT2D eigenvalue weighted by atomic mass is 10.0. The van der Waals surface area contributed by atoms with E-state index in [9.17, 15) is 14.4 Å². The molecule has 2 aromatic rings. The van der Waals surface area contributed by atoms with Crippen molar-refractivity contribution < 1.29 is 19.1 Å². The first-order valence-electron chi connectivity index (χ1n) is 10.3. The Bertz CT molecular complexity index is 1050. The second-order valence-electron chi connectivity index (χ2n) is 8.00. The van der Waals surface area contributed by atoms with Crippen LogP contribution in [0.25, 0.3) is 0 Å². The molecule has 3 rings (SSSR count). The average molecular weight is 424 g/mol. The van der Waals surface area contributed by atoms with E-state index in [0.29, 0.717) is 16.9 Å². The Morgan fingerprint density at radius 1 is 1.00 bits per heavy atom. The lowest BCUT2D eigenvalue weighted by Gasteiger charge is -2.36. The van der Waals surface area contributed by atoms with Crippen molar-refractivity contribution in [3.63, 3.8) is 0 Å². The summed E-state index contributed by atoms with van der Waals surface area (Å²) in [6.07, 6.45) is 0. The molecule has 31 heavy (non-hydrogen) atoms. The van der Waals surface area contributed by atoms with Gasteiger partial charge in [-0.1, -0.05) is 0 Å². The van der Waals surface area contributed by atoms with Crippen molar-refractivity contribution in [1.82, 2.24) is 0 Å². The molecular formula is C24H29N3O4. The fraction of sp³-hybridized carbons (Fsp3) is 0.375. The molecular weight excluding hydrogens is 394 g/mol. The third-order valence-corrected chi connectivity index (χ3v) is 5.53. The SMILES string of the molecule is CCOC(=O)CN1C(=O)CN(C(=O)c2ccc(N(C)C)c(C)c2)c2cc(C)c(C)cc21. The quantitative estimate of drug-likeness (QED) is 0.691. The molecule has 0 saturated heterocycles. The van der Waals surface area contributed by atoms with Crippen LogP contribution in [0.2, 0.25) is 0 Å². The zero-order chi connectivity index (χ0) is 22.9. The second-order valence-corrected chi connectivity index (χ2v) is 8.00. The van der Waals surface area contributed by atoms with E-state index in [0.717, 1.165) is 22.4 Å². The van der Waals surface area contributed by atoms with Gasteiger partial charge >= 0.3 is 5.97 Å². The highest BCUT2D eigenvalue weighted by Crippen LogP contribution is 2.37. The van der Waals surface area contributed by atoms with Crippen LogP contribution in [-0.2, 0) is 14.3 Å². The van der Waals surface area contributed by atoms with Gasteiger partial charge in [0.2, 0.25) is 5.91 Å². The maximum absolute atomic E-state index is 13.4. The average Bonchev–Trinajstić information content (AvgIpc) is 2.70. The molecule has 0 unspecified atom stereocenters. The molecule has 7 heteroatoms. The summed E-state index contributed by atoms with van der Waals surface area (Å²) in [6.45, 7) is 7.50. The second kappa shape index (κ2) is 8.79. The van der Waals surface area contributed by atoms with E-state index in [1.165, 1.54) is 9.80 Å². The Hall–Kier alpha value is -3.35. The minimum absolute atomic E-state index is 0.137.